The van der Waals surface area contributed by atoms with Crippen molar-refractivity contribution in [3.63, 3.8) is 0 Å². The number of Topliss-reactive ketones (excluding diaryl/α,β-unsaturated/α-hetero) is 1. The van der Waals surface area contributed by atoms with Crippen molar-refractivity contribution in [2.45, 2.75) is 51.2 Å². The molecule has 36 heavy (non-hydrogen) atoms. The summed E-state index contributed by atoms with van der Waals surface area (Å²) in [6, 6.07) is 7.16. The van der Waals surface area contributed by atoms with E-state index >= 15 is 0 Å². The highest BCUT2D eigenvalue weighted by Crippen LogP contribution is 2.45. The number of carbonyl (C=O) groups is 3. The van der Waals surface area contributed by atoms with Crippen molar-refractivity contribution in [2.75, 3.05) is 26.9 Å². The van der Waals surface area contributed by atoms with E-state index in [9.17, 15) is 24.1 Å². The molecule has 1 amide bonds. The highest BCUT2D eigenvalue weighted by atomic mass is 31.2. The van der Waals surface area contributed by atoms with Gasteiger partial charge in [-0.15, -0.1) is 0 Å². The van der Waals surface area contributed by atoms with E-state index in [-0.39, 0.29) is 44.2 Å². The molecule has 0 bridgehead atoms. The fraction of sp³-hybridized carbons (Fsp3) is 0.522. The summed E-state index contributed by atoms with van der Waals surface area (Å²) in [5.74, 6) is -1.17. The molecule has 0 saturated carbocycles. The summed E-state index contributed by atoms with van der Waals surface area (Å²) in [5.41, 5.74) is 0.406. The molecule has 2 aliphatic heterocycles. The van der Waals surface area contributed by atoms with Crippen LogP contribution in [0.4, 0.5) is 0 Å². The molecule has 0 aromatic heterocycles. The van der Waals surface area contributed by atoms with Crippen LogP contribution >= 0.6 is 7.75 Å². The molecule has 0 unspecified atom stereocenters. The number of amides is 1. The predicted octanol–water partition coefficient (Wildman–Crippen LogP) is 1.54. The number of ketones is 1. The molecule has 2 heterocycles. The minimum atomic E-state index is -4.16. The predicted molar refractivity (Wildman–Crippen MR) is 126 cm³/mol. The number of aliphatic hydroxyl groups excluding tert-OH is 1. The van der Waals surface area contributed by atoms with E-state index in [1.54, 1.807) is 37.3 Å². The summed E-state index contributed by atoms with van der Waals surface area (Å²) >= 11 is 0. The largest absolute Gasteiger partial charge is 0.462 e. The molecular formula is C23H31N2O10P. The molecular weight excluding hydrogens is 495 g/mol. The van der Waals surface area contributed by atoms with Crippen molar-refractivity contribution < 1.29 is 47.3 Å². The van der Waals surface area contributed by atoms with Crippen LogP contribution in [0.5, 0.6) is 5.75 Å². The first kappa shape index (κ1) is 28.0. The van der Waals surface area contributed by atoms with E-state index in [0.29, 0.717) is 5.57 Å². The Morgan fingerprint density at radius 1 is 1.28 bits per heavy atom. The van der Waals surface area contributed by atoms with Gasteiger partial charge in [0.1, 0.15) is 30.7 Å². The zero-order valence-electron chi connectivity index (χ0n) is 20.3. The summed E-state index contributed by atoms with van der Waals surface area (Å²) in [6.45, 7) is 2.88. The van der Waals surface area contributed by atoms with Gasteiger partial charge in [-0.05, 0) is 26.0 Å². The second-order valence-corrected chi connectivity index (χ2v) is 10.0. The highest BCUT2D eigenvalue weighted by Gasteiger charge is 2.42. The van der Waals surface area contributed by atoms with Crippen LogP contribution in [0.15, 0.2) is 42.1 Å². The molecule has 1 fully saturated rings. The molecule has 1 saturated heterocycles. The summed E-state index contributed by atoms with van der Waals surface area (Å²) < 4.78 is 40.4. The van der Waals surface area contributed by atoms with Crippen molar-refractivity contribution in [3.05, 3.63) is 42.1 Å². The summed E-state index contributed by atoms with van der Waals surface area (Å²) in [6.07, 6.45) is -1.63. The van der Waals surface area contributed by atoms with Crippen LogP contribution in [0.3, 0.4) is 0 Å². The topological polar surface area (TPSA) is 150 Å². The number of carbonyl (C=O) groups excluding carboxylic acids is 3. The molecule has 3 rings (SSSR count). The van der Waals surface area contributed by atoms with Gasteiger partial charge < -0.3 is 23.8 Å². The molecule has 2 N–H and O–H groups in total. The van der Waals surface area contributed by atoms with Gasteiger partial charge in [0.25, 0.3) is 0 Å². The minimum Gasteiger partial charge on any atom is -0.462 e. The zero-order chi connectivity index (χ0) is 26.3. The Hall–Kier alpha value is -2.60. The van der Waals surface area contributed by atoms with Gasteiger partial charge in [0, 0.05) is 25.3 Å². The first-order valence-corrected chi connectivity index (χ1v) is 12.9. The third-order valence-electron chi connectivity index (χ3n) is 5.50. The maximum Gasteiger partial charge on any atom is 0.459 e. The van der Waals surface area contributed by atoms with E-state index in [1.807, 2.05) is 0 Å². The number of rotatable bonds is 12. The van der Waals surface area contributed by atoms with E-state index in [0.717, 1.165) is 0 Å². The second-order valence-electron chi connectivity index (χ2n) is 8.35. The van der Waals surface area contributed by atoms with Crippen molar-refractivity contribution >= 4 is 25.4 Å². The van der Waals surface area contributed by atoms with Crippen molar-refractivity contribution in [1.29, 1.82) is 0 Å². The van der Waals surface area contributed by atoms with Crippen molar-refractivity contribution in [2.24, 2.45) is 0 Å². The van der Waals surface area contributed by atoms with E-state index in [2.05, 4.69) is 5.09 Å². The third-order valence-corrected chi connectivity index (χ3v) is 7.15. The average Bonchev–Trinajstić information content (AvgIpc) is 3.21. The number of nitrogens with one attached hydrogen (secondary N) is 1. The minimum absolute atomic E-state index is 0.0181. The first-order valence-electron chi connectivity index (χ1n) is 11.4. The van der Waals surface area contributed by atoms with Gasteiger partial charge in [-0.2, -0.15) is 5.09 Å². The molecule has 13 heteroatoms. The number of benzene rings is 1. The Labute approximate surface area is 209 Å². The van der Waals surface area contributed by atoms with Crippen LogP contribution in [0.2, 0.25) is 0 Å². The SMILES string of the molecule is COCCOC(=O)[C@H](C)N[P@](=O)(OC[C@@H]1O[C@H](N2C=C(C)C(=O)CC2=O)C[C@H]1O)Oc1ccccc1. The van der Waals surface area contributed by atoms with E-state index in [4.69, 9.17) is 23.3 Å². The molecule has 12 nitrogen and oxygen atoms in total. The smallest absolute Gasteiger partial charge is 0.459 e. The Bertz CT molecular complexity index is 1020. The second kappa shape index (κ2) is 12.6. The monoisotopic (exact) mass is 526 g/mol. The number of hydrogen-bond acceptors (Lipinski definition) is 10. The van der Waals surface area contributed by atoms with E-state index < -0.39 is 44.1 Å². The highest BCUT2D eigenvalue weighted by molar-refractivity contribution is 7.52. The lowest BCUT2D eigenvalue weighted by atomic mass is 10.1. The number of para-hydroxylation sites is 1. The molecule has 5 atom stereocenters. The number of methoxy groups -OCH3 is 1. The lowest BCUT2D eigenvalue weighted by Crippen LogP contribution is -2.41. The number of ether oxygens (including phenoxy) is 3. The van der Waals surface area contributed by atoms with Crippen LogP contribution < -0.4 is 9.61 Å². The molecule has 0 spiro atoms. The molecule has 0 aliphatic carbocycles. The zero-order valence-corrected chi connectivity index (χ0v) is 21.2. The van der Waals surface area contributed by atoms with Gasteiger partial charge in [0.05, 0.1) is 25.7 Å². The Morgan fingerprint density at radius 3 is 2.69 bits per heavy atom. The number of nitrogens with zero attached hydrogens (tertiary/aromatic N) is 1. The first-order chi connectivity index (χ1) is 17.1. The lowest BCUT2D eigenvalue weighted by Gasteiger charge is -2.29. The van der Waals surface area contributed by atoms with Crippen LogP contribution in [0.25, 0.3) is 0 Å². The standard InChI is InChI=1S/C23H31N2O10P/c1-15-13-25(21(28)11-18(15)26)22-12-19(27)20(34-22)14-33-36(30,35-17-7-5-4-6-8-17)24-16(2)23(29)32-10-9-31-3/h4-8,13,16,19-20,22,27H,9-12,14H2,1-3H3,(H,24,30)/t16-,19+,20-,22-,36-/m0/s1. The Balaban J connectivity index is 1.67. The van der Waals surface area contributed by atoms with Gasteiger partial charge >= 0.3 is 13.7 Å². The molecule has 1 aromatic rings. The van der Waals surface area contributed by atoms with Crippen molar-refractivity contribution in [1.82, 2.24) is 9.99 Å². The molecule has 1 aromatic carbocycles. The maximum absolute atomic E-state index is 13.6. The molecule has 0 radical (unpaired) electrons. The number of hydrogen-bond donors (Lipinski definition) is 2. The fourth-order valence-corrected chi connectivity index (χ4v) is 5.02. The fourth-order valence-electron chi connectivity index (χ4n) is 3.52. The summed E-state index contributed by atoms with van der Waals surface area (Å²) in [7, 11) is -2.70. The van der Waals surface area contributed by atoms with Crippen molar-refractivity contribution in [3.8, 4) is 5.75 Å². The Morgan fingerprint density at radius 2 is 2.00 bits per heavy atom. The van der Waals surface area contributed by atoms with Crippen LogP contribution in [0.1, 0.15) is 26.7 Å². The van der Waals surface area contributed by atoms with Gasteiger partial charge in [-0.25, -0.2) is 4.57 Å². The van der Waals surface area contributed by atoms with Gasteiger partial charge in [-0.1, -0.05) is 18.2 Å². The number of esters is 1. The van der Waals surface area contributed by atoms with Crippen LogP contribution in [-0.4, -0.2) is 79.1 Å². The maximum atomic E-state index is 13.6. The van der Waals surface area contributed by atoms with E-state index in [1.165, 1.54) is 25.1 Å². The van der Waals surface area contributed by atoms with Crippen LogP contribution in [-0.2, 0) is 37.7 Å². The Kier molecular flexibility index (Phi) is 9.77. The summed E-state index contributed by atoms with van der Waals surface area (Å²) in [4.78, 5) is 37.6. The normalized spacial score (nSPS) is 24.7. The van der Waals surface area contributed by atoms with Gasteiger partial charge in [0.2, 0.25) is 5.91 Å². The van der Waals surface area contributed by atoms with Gasteiger partial charge in [-0.3, -0.25) is 23.8 Å². The number of allylic oxidation sites excluding steroid dienone is 1. The average molecular weight is 526 g/mol. The molecule has 198 valence electrons. The van der Waals surface area contributed by atoms with Crippen LogP contribution in [0, 0.1) is 0 Å². The quantitative estimate of drug-likeness (QED) is 0.177. The summed E-state index contributed by atoms with van der Waals surface area (Å²) in [5, 5.41) is 13.1. The van der Waals surface area contributed by atoms with Gasteiger partial charge in [0.15, 0.2) is 5.78 Å². The molecule has 2 aliphatic rings. The number of aliphatic hydroxyl groups is 1. The lowest BCUT2D eigenvalue weighted by molar-refractivity contribution is -0.146. The third kappa shape index (κ3) is 7.45.